The van der Waals surface area contributed by atoms with Crippen LogP contribution in [0.25, 0.3) is 0 Å². The minimum Gasteiger partial charge on any atom is -0.444 e. The van der Waals surface area contributed by atoms with Crippen LogP contribution in [0.15, 0.2) is 48.8 Å². The molecule has 1 aromatic heterocycles. The molecule has 22 heavy (non-hydrogen) atoms. The Morgan fingerprint density at radius 1 is 1.36 bits per heavy atom. The van der Waals surface area contributed by atoms with Gasteiger partial charge in [0, 0.05) is 20.5 Å². The summed E-state index contributed by atoms with van der Waals surface area (Å²) in [6.07, 6.45) is 0.362. The molecule has 2 aromatic rings. The summed E-state index contributed by atoms with van der Waals surface area (Å²) in [6.45, 7) is 0.133. The van der Waals surface area contributed by atoms with Crippen LogP contribution in [0.3, 0.4) is 0 Å². The number of amides is 1. The lowest BCUT2D eigenvalue weighted by Crippen LogP contribution is -2.11. The van der Waals surface area contributed by atoms with Crippen molar-refractivity contribution < 1.29 is 17.9 Å². The lowest BCUT2D eigenvalue weighted by atomic mass is 10.4. The maximum absolute atomic E-state index is 11.7. The number of carbonyl (C=O) groups is 1. The topological polar surface area (TPSA) is 86.5 Å². The van der Waals surface area contributed by atoms with E-state index in [9.17, 15) is 13.2 Å². The monoisotopic (exact) mass is 421 g/mol. The second kappa shape index (κ2) is 7.03. The molecule has 0 aliphatic heterocycles. The Balaban J connectivity index is 2.17. The summed E-state index contributed by atoms with van der Waals surface area (Å²) in [5.41, 5.74) is 4.92. The Morgan fingerprint density at radius 2 is 2.09 bits per heavy atom. The fourth-order valence-electron chi connectivity index (χ4n) is 1.56. The lowest BCUT2D eigenvalue weighted by Gasteiger charge is -2.04. The Morgan fingerprint density at radius 3 is 2.73 bits per heavy atom. The van der Waals surface area contributed by atoms with Gasteiger partial charge in [0.25, 0.3) is 0 Å². The van der Waals surface area contributed by atoms with Gasteiger partial charge in [0.1, 0.15) is 6.61 Å². The number of halogens is 1. The van der Waals surface area contributed by atoms with Crippen molar-refractivity contribution in [2.75, 3.05) is 6.26 Å². The summed E-state index contributed by atoms with van der Waals surface area (Å²) in [6, 6.07) is 8.77. The Hall–Kier alpha value is -1.03. The predicted molar refractivity (Wildman–Crippen MR) is 90.1 cm³/mol. The van der Waals surface area contributed by atoms with Crippen molar-refractivity contribution in [2.45, 2.75) is 20.6 Å². The van der Waals surface area contributed by atoms with Gasteiger partial charge in [-0.1, -0.05) is 27.7 Å². The lowest BCUT2D eigenvalue weighted by molar-refractivity contribution is 0.151. The molecule has 1 heterocycles. The summed E-state index contributed by atoms with van der Waals surface area (Å²) in [7, 11) is -3.26. The molecule has 1 amide bonds. The van der Waals surface area contributed by atoms with E-state index in [1.165, 1.54) is 29.4 Å². The summed E-state index contributed by atoms with van der Waals surface area (Å²) >= 11 is 6.21. The van der Waals surface area contributed by atoms with Gasteiger partial charge < -0.3 is 10.5 Å². The molecule has 0 saturated heterocycles. The summed E-state index contributed by atoms with van der Waals surface area (Å²) in [5, 5.41) is 0. The van der Waals surface area contributed by atoms with Gasteiger partial charge in [-0.25, -0.2) is 13.2 Å². The van der Waals surface area contributed by atoms with Crippen LogP contribution in [0.1, 0.15) is 4.88 Å². The highest BCUT2D eigenvalue weighted by atomic mass is 79.9. The van der Waals surface area contributed by atoms with Crippen molar-refractivity contribution in [3.05, 3.63) is 39.7 Å². The zero-order valence-corrected chi connectivity index (χ0v) is 15.4. The van der Waals surface area contributed by atoms with Crippen molar-refractivity contribution in [1.82, 2.24) is 0 Å². The van der Waals surface area contributed by atoms with Gasteiger partial charge in [0.2, 0.25) is 0 Å². The maximum Gasteiger partial charge on any atom is 0.404 e. The Bertz CT molecular complexity index is 801. The fourth-order valence-corrected chi connectivity index (χ4v) is 5.28. The molecule has 118 valence electrons. The molecule has 0 spiro atoms. The van der Waals surface area contributed by atoms with E-state index in [-0.39, 0.29) is 11.5 Å². The van der Waals surface area contributed by atoms with Crippen LogP contribution >= 0.6 is 39.0 Å². The van der Waals surface area contributed by atoms with Gasteiger partial charge in [0.05, 0.1) is 9.10 Å². The largest absolute Gasteiger partial charge is 0.444 e. The quantitative estimate of drug-likeness (QED) is 0.795. The molecule has 0 atom stereocenters. The van der Waals surface area contributed by atoms with Crippen molar-refractivity contribution >= 4 is 55.0 Å². The molecule has 0 aliphatic carbocycles. The highest BCUT2D eigenvalue weighted by Crippen LogP contribution is 2.36. The molecular formula is C13H12BrNO4S3. The number of thiophene rings is 1. The number of sulfone groups is 1. The predicted octanol–water partition coefficient (Wildman–Crippen LogP) is 3.66. The van der Waals surface area contributed by atoms with E-state index in [4.69, 9.17) is 10.5 Å². The van der Waals surface area contributed by atoms with Gasteiger partial charge >= 0.3 is 6.09 Å². The first-order valence-electron chi connectivity index (χ1n) is 5.93. The van der Waals surface area contributed by atoms with Crippen LogP contribution in [0.2, 0.25) is 0 Å². The van der Waals surface area contributed by atoms with E-state index < -0.39 is 15.9 Å². The molecule has 0 radical (unpaired) electrons. The van der Waals surface area contributed by atoms with E-state index in [0.29, 0.717) is 4.47 Å². The van der Waals surface area contributed by atoms with E-state index in [0.717, 1.165) is 14.0 Å². The molecule has 0 aliphatic rings. The Kier molecular flexibility index (Phi) is 5.54. The average Bonchev–Trinajstić information content (AvgIpc) is 2.82. The first-order chi connectivity index (χ1) is 10.2. The number of primary amides is 1. The highest BCUT2D eigenvalue weighted by molar-refractivity contribution is 9.10. The molecule has 0 bridgehead atoms. The number of rotatable bonds is 5. The molecule has 0 unspecified atom stereocenters. The molecule has 0 fully saturated rings. The number of nitrogens with two attached hydrogens (primary N) is 1. The van der Waals surface area contributed by atoms with Crippen LogP contribution in [0, 0.1) is 0 Å². The van der Waals surface area contributed by atoms with Crippen molar-refractivity contribution in [3.8, 4) is 0 Å². The molecule has 1 aromatic carbocycles. The van der Waals surface area contributed by atoms with E-state index >= 15 is 0 Å². The van der Waals surface area contributed by atoms with Gasteiger partial charge in [-0.3, -0.25) is 0 Å². The molecule has 9 heteroatoms. The smallest absolute Gasteiger partial charge is 0.404 e. The minimum absolute atomic E-state index is 0.133. The molecular weight excluding hydrogens is 410 g/mol. The van der Waals surface area contributed by atoms with Crippen LogP contribution in [-0.2, 0) is 21.2 Å². The average molecular weight is 422 g/mol. The standard InChI is InChI=1S/C13H12BrNO4S3/c1-22(17,18)11-5-8(14)4-10(6-11)21-12-3-2-9(20-12)7-19-13(15)16/h2-6H,7H2,1H3,(H2,15,16). The van der Waals surface area contributed by atoms with Crippen LogP contribution < -0.4 is 5.73 Å². The zero-order chi connectivity index (χ0) is 16.3. The van der Waals surface area contributed by atoms with E-state index in [1.54, 1.807) is 12.1 Å². The van der Waals surface area contributed by atoms with Gasteiger partial charge in [-0.2, -0.15) is 0 Å². The van der Waals surface area contributed by atoms with Crippen molar-refractivity contribution in [1.29, 1.82) is 0 Å². The number of benzene rings is 1. The van der Waals surface area contributed by atoms with Crippen molar-refractivity contribution in [3.63, 3.8) is 0 Å². The molecule has 0 saturated carbocycles. The highest BCUT2D eigenvalue weighted by Gasteiger charge is 2.11. The van der Waals surface area contributed by atoms with E-state index in [2.05, 4.69) is 15.9 Å². The number of hydrogen-bond donors (Lipinski definition) is 1. The zero-order valence-electron chi connectivity index (χ0n) is 11.4. The third-order valence-electron chi connectivity index (χ3n) is 2.49. The number of carbonyl (C=O) groups excluding carboxylic acids is 1. The second-order valence-electron chi connectivity index (χ2n) is 4.33. The van der Waals surface area contributed by atoms with Crippen LogP contribution in [0.4, 0.5) is 4.79 Å². The first-order valence-corrected chi connectivity index (χ1v) is 10.3. The minimum atomic E-state index is -3.26. The fraction of sp³-hybridized carbons (Fsp3) is 0.154. The van der Waals surface area contributed by atoms with Crippen LogP contribution in [0.5, 0.6) is 0 Å². The normalized spacial score (nSPS) is 11.4. The number of hydrogen-bond acceptors (Lipinski definition) is 6. The first kappa shape index (κ1) is 17.3. The SMILES string of the molecule is CS(=O)(=O)c1cc(Br)cc(Sc2ccc(COC(N)=O)s2)c1. The van der Waals surface area contributed by atoms with Crippen molar-refractivity contribution in [2.24, 2.45) is 5.73 Å². The molecule has 5 nitrogen and oxygen atoms in total. The summed E-state index contributed by atoms with van der Waals surface area (Å²) < 4.78 is 29.7. The summed E-state index contributed by atoms with van der Waals surface area (Å²) in [5.74, 6) is 0. The van der Waals surface area contributed by atoms with E-state index in [1.807, 2.05) is 18.2 Å². The Labute approximate surface area is 144 Å². The molecule has 2 rings (SSSR count). The third kappa shape index (κ3) is 5.01. The van der Waals surface area contributed by atoms with Gasteiger partial charge in [-0.15, -0.1) is 11.3 Å². The maximum atomic E-state index is 11.7. The second-order valence-corrected chi connectivity index (χ2v) is 9.80. The van der Waals surface area contributed by atoms with Gasteiger partial charge in [0.15, 0.2) is 9.84 Å². The number of ether oxygens (including phenoxy) is 1. The van der Waals surface area contributed by atoms with Gasteiger partial charge in [-0.05, 0) is 30.3 Å². The van der Waals surface area contributed by atoms with Crippen LogP contribution in [-0.4, -0.2) is 20.8 Å². The third-order valence-corrected chi connectivity index (χ3v) is 6.20. The summed E-state index contributed by atoms with van der Waals surface area (Å²) in [4.78, 5) is 12.5. The molecule has 2 N–H and O–H groups in total.